The smallest absolute Gasteiger partial charge is 0.269 e. The van der Waals surface area contributed by atoms with E-state index >= 15 is 0 Å². The van der Waals surface area contributed by atoms with E-state index in [0.29, 0.717) is 41.6 Å². The Morgan fingerprint density at radius 2 is 1.94 bits per heavy atom. The van der Waals surface area contributed by atoms with E-state index in [1.807, 2.05) is 13.1 Å². The minimum absolute atomic E-state index is 0.203. The van der Waals surface area contributed by atoms with Crippen molar-refractivity contribution in [2.75, 3.05) is 24.4 Å². The molecule has 0 amide bonds. The second kappa shape index (κ2) is 9.31. The van der Waals surface area contributed by atoms with E-state index in [1.54, 1.807) is 48.3 Å². The summed E-state index contributed by atoms with van der Waals surface area (Å²) < 4.78 is 35.0. The van der Waals surface area contributed by atoms with Gasteiger partial charge in [0.2, 0.25) is 5.95 Å². The van der Waals surface area contributed by atoms with Crippen LogP contribution in [-0.4, -0.2) is 51.9 Å². The molecule has 3 heterocycles. The van der Waals surface area contributed by atoms with Crippen LogP contribution in [0.4, 0.5) is 17.5 Å². The monoisotopic (exact) mass is 495 g/mol. The average Bonchev–Trinajstić information content (AvgIpc) is 3.45. The van der Waals surface area contributed by atoms with Crippen molar-refractivity contribution in [3.8, 4) is 0 Å². The molecule has 0 spiro atoms. The lowest BCUT2D eigenvalue weighted by molar-refractivity contribution is 0.183. The number of aromatic nitrogens is 5. The molecule has 3 aromatic heterocycles. The van der Waals surface area contributed by atoms with Gasteiger partial charge in [0.25, 0.3) is 10.0 Å². The maximum absolute atomic E-state index is 13.5. The highest BCUT2D eigenvalue weighted by Crippen LogP contribution is 2.35. The molecule has 184 valence electrons. The third kappa shape index (κ3) is 4.87. The van der Waals surface area contributed by atoms with Crippen LogP contribution in [0.15, 0.2) is 53.8 Å². The van der Waals surface area contributed by atoms with Crippen LogP contribution in [0.25, 0.3) is 11.0 Å². The third-order valence-corrected chi connectivity index (χ3v) is 7.88. The van der Waals surface area contributed by atoms with E-state index in [9.17, 15) is 8.42 Å². The Morgan fingerprint density at radius 3 is 2.66 bits per heavy atom. The Kier molecular flexibility index (Phi) is 6.20. The number of benzene rings is 1. The van der Waals surface area contributed by atoms with Crippen LogP contribution in [0.2, 0.25) is 0 Å². The van der Waals surface area contributed by atoms with Crippen molar-refractivity contribution in [1.82, 2.24) is 23.7 Å². The van der Waals surface area contributed by atoms with Crippen LogP contribution in [0, 0.1) is 12.8 Å². The van der Waals surface area contributed by atoms with Crippen molar-refractivity contribution < 1.29 is 13.2 Å². The van der Waals surface area contributed by atoms with Gasteiger partial charge in [-0.05, 0) is 50.8 Å². The molecule has 11 heteroatoms. The SMILES string of the molecule is COCCn1cc(Nc2nc(N[C@@H](C)C3CC3)c3ccn(S(=O)(=O)c4ccc(C)cc4)c3n2)cn1. The fraction of sp³-hybridized carbons (Fsp3) is 0.375. The Balaban J connectivity index is 1.55. The first-order chi connectivity index (χ1) is 16.8. The van der Waals surface area contributed by atoms with Gasteiger partial charge in [-0.2, -0.15) is 15.1 Å². The Bertz CT molecular complexity index is 1440. The van der Waals surface area contributed by atoms with Crippen molar-refractivity contribution >= 4 is 38.5 Å². The summed E-state index contributed by atoms with van der Waals surface area (Å²) in [4.78, 5) is 9.50. The Hall–Kier alpha value is -3.44. The quantitative estimate of drug-likeness (QED) is 0.342. The number of anilines is 3. The molecule has 0 radical (unpaired) electrons. The molecule has 0 bridgehead atoms. The molecule has 0 saturated heterocycles. The van der Waals surface area contributed by atoms with Crippen LogP contribution in [0.1, 0.15) is 25.3 Å². The topological polar surface area (TPSA) is 116 Å². The van der Waals surface area contributed by atoms with E-state index in [0.717, 1.165) is 5.56 Å². The lowest BCUT2D eigenvalue weighted by Gasteiger charge is -2.16. The minimum Gasteiger partial charge on any atom is -0.383 e. The highest BCUT2D eigenvalue weighted by molar-refractivity contribution is 7.90. The molecule has 1 fully saturated rings. The van der Waals surface area contributed by atoms with Gasteiger partial charge in [0.1, 0.15) is 5.82 Å². The molecule has 1 saturated carbocycles. The van der Waals surface area contributed by atoms with Gasteiger partial charge < -0.3 is 15.4 Å². The molecule has 35 heavy (non-hydrogen) atoms. The van der Waals surface area contributed by atoms with Gasteiger partial charge in [0, 0.05) is 25.5 Å². The maximum atomic E-state index is 13.5. The summed E-state index contributed by atoms with van der Waals surface area (Å²) in [5.41, 5.74) is 1.99. The van der Waals surface area contributed by atoms with Gasteiger partial charge in [-0.1, -0.05) is 17.7 Å². The van der Waals surface area contributed by atoms with E-state index in [2.05, 4.69) is 27.6 Å². The summed E-state index contributed by atoms with van der Waals surface area (Å²) in [6.45, 7) is 5.20. The number of rotatable bonds is 10. The van der Waals surface area contributed by atoms with E-state index < -0.39 is 10.0 Å². The molecule has 5 rings (SSSR count). The average molecular weight is 496 g/mol. The summed E-state index contributed by atoms with van der Waals surface area (Å²) in [5.74, 6) is 1.48. The Labute approximate surface area is 204 Å². The number of hydrogen-bond acceptors (Lipinski definition) is 8. The summed E-state index contributed by atoms with van der Waals surface area (Å²) in [5, 5.41) is 11.6. The van der Waals surface area contributed by atoms with Crippen LogP contribution >= 0.6 is 0 Å². The zero-order valence-electron chi connectivity index (χ0n) is 20.0. The van der Waals surface area contributed by atoms with Crippen molar-refractivity contribution in [3.05, 3.63) is 54.5 Å². The zero-order valence-corrected chi connectivity index (χ0v) is 20.8. The molecule has 0 unspecified atom stereocenters. The van der Waals surface area contributed by atoms with Crippen molar-refractivity contribution in [2.45, 2.75) is 44.2 Å². The molecular weight excluding hydrogens is 466 g/mol. The lowest BCUT2D eigenvalue weighted by Crippen LogP contribution is -2.19. The maximum Gasteiger partial charge on any atom is 0.269 e. The number of nitrogens with one attached hydrogen (secondary N) is 2. The molecule has 1 aliphatic carbocycles. The number of methoxy groups -OCH3 is 1. The number of hydrogen-bond donors (Lipinski definition) is 2. The van der Waals surface area contributed by atoms with Crippen molar-refractivity contribution in [1.29, 1.82) is 0 Å². The largest absolute Gasteiger partial charge is 0.383 e. The van der Waals surface area contributed by atoms with Gasteiger partial charge in [-0.3, -0.25) is 4.68 Å². The van der Waals surface area contributed by atoms with Crippen molar-refractivity contribution in [3.63, 3.8) is 0 Å². The summed E-state index contributed by atoms with van der Waals surface area (Å²) in [6, 6.07) is 8.75. The molecule has 2 N–H and O–H groups in total. The Morgan fingerprint density at radius 1 is 1.17 bits per heavy atom. The van der Waals surface area contributed by atoms with Crippen LogP contribution < -0.4 is 10.6 Å². The summed E-state index contributed by atoms with van der Waals surface area (Å²) in [7, 11) is -2.20. The minimum atomic E-state index is -3.84. The number of fused-ring (bicyclic) bond motifs is 1. The first-order valence-electron chi connectivity index (χ1n) is 11.6. The van der Waals surface area contributed by atoms with Gasteiger partial charge in [0.15, 0.2) is 5.65 Å². The number of aryl methyl sites for hydroxylation is 1. The molecule has 0 aliphatic heterocycles. The fourth-order valence-electron chi connectivity index (χ4n) is 3.97. The second-order valence-corrected chi connectivity index (χ2v) is 10.8. The standard InChI is InChI=1S/C24H29N7O3S/c1-16-4-8-20(9-5-16)35(32,33)31-11-10-21-22(26-17(2)18-6-7-18)28-24(29-23(21)31)27-19-14-25-30(15-19)12-13-34-3/h4-5,8-11,14-15,17-18H,6-7,12-13H2,1-3H3,(H2,26,27,28,29)/t17-/m0/s1. The van der Waals surface area contributed by atoms with Crippen LogP contribution in [0.3, 0.4) is 0 Å². The van der Waals surface area contributed by atoms with E-state index in [4.69, 9.17) is 9.72 Å². The van der Waals surface area contributed by atoms with Crippen LogP contribution in [-0.2, 0) is 21.3 Å². The van der Waals surface area contributed by atoms with Gasteiger partial charge >= 0.3 is 0 Å². The first kappa shape index (κ1) is 23.3. The van der Waals surface area contributed by atoms with E-state index in [1.165, 1.54) is 23.0 Å². The van der Waals surface area contributed by atoms with Gasteiger partial charge in [-0.25, -0.2) is 12.4 Å². The molecule has 1 aliphatic rings. The predicted molar refractivity (Wildman–Crippen MR) is 134 cm³/mol. The summed E-state index contributed by atoms with van der Waals surface area (Å²) >= 11 is 0. The molecular formula is C24H29N7O3S. The van der Waals surface area contributed by atoms with Crippen molar-refractivity contribution in [2.24, 2.45) is 5.92 Å². The molecule has 4 aromatic rings. The summed E-state index contributed by atoms with van der Waals surface area (Å²) in [6.07, 6.45) is 7.39. The third-order valence-electron chi connectivity index (χ3n) is 6.20. The van der Waals surface area contributed by atoms with E-state index in [-0.39, 0.29) is 16.9 Å². The number of nitrogens with zero attached hydrogens (tertiary/aromatic N) is 5. The zero-order chi connectivity index (χ0) is 24.6. The fourth-order valence-corrected chi connectivity index (χ4v) is 5.26. The number of ether oxygens (including phenoxy) is 1. The van der Waals surface area contributed by atoms with Gasteiger partial charge in [-0.15, -0.1) is 0 Å². The predicted octanol–water partition coefficient (Wildman–Crippen LogP) is 3.77. The first-order valence-corrected chi connectivity index (χ1v) is 13.1. The highest BCUT2D eigenvalue weighted by Gasteiger charge is 2.29. The lowest BCUT2D eigenvalue weighted by atomic mass is 10.2. The molecule has 10 nitrogen and oxygen atoms in total. The molecule has 1 aromatic carbocycles. The second-order valence-electron chi connectivity index (χ2n) is 8.94. The normalized spacial score (nSPS) is 14.8. The molecule has 1 atom stereocenters. The highest BCUT2D eigenvalue weighted by atomic mass is 32.2. The van der Waals surface area contributed by atoms with Crippen LogP contribution in [0.5, 0.6) is 0 Å². The van der Waals surface area contributed by atoms with Gasteiger partial charge in [0.05, 0.1) is 35.3 Å².